The molecule has 6 nitrogen and oxygen atoms in total. The van der Waals surface area contributed by atoms with Gasteiger partial charge in [-0.25, -0.2) is 0 Å². The van der Waals surface area contributed by atoms with Gasteiger partial charge in [-0.2, -0.15) is 0 Å². The molecule has 0 fully saturated rings. The van der Waals surface area contributed by atoms with Crippen LogP contribution in [0.4, 0.5) is 0 Å². The summed E-state index contributed by atoms with van der Waals surface area (Å²) in [5.41, 5.74) is 0. The van der Waals surface area contributed by atoms with E-state index in [4.69, 9.17) is 4.74 Å². The van der Waals surface area contributed by atoms with Crippen molar-refractivity contribution in [3.8, 4) is 0 Å². The van der Waals surface area contributed by atoms with Crippen LogP contribution in [0.5, 0.6) is 0 Å². The van der Waals surface area contributed by atoms with E-state index in [0.717, 1.165) is 38.5 Å². The molecule has 0 aromatic carbocycles. The summed E-state index contributed by atoms with van der Waals surface area (Å²) in [5, 5.41) is 23.3. The molecule has 0 rings (SSSR count). The Morgan fingerprint density at radius 3 is 0.798 bits per heavy atom. The van der Waals surface area contributed by atoms with Crippen molar-refractivity contribution in [1.82, 2.24) is 5.32 Å². The van der Waals surface area contributed by atoms with Crippen LogP contribution in [0.15, 0.2) is 24.3 Å². The summed E-state index contributed by atoms with van der Waals surface area (Å²) in [4.78, 5) is 24.6. The number of hydrogen-bond donors (Lipinski definition) is 3. The number of amides is 1. The van der Waals surface area contributed by atoms with Crippen LogP contribution in [0.25, 0.3) is 0 Å². The molecule has 0 bridgehead atoms. The monoisotopic (exact) mass is 1250 g/mol. The number of ether oxygens (including phenoxy) is 1. The number of carbonyl (C=O) groups is 2. The lowest BCUT2D eigenvalue weighted by molar-refractivity contribution is -0.143. The third kappa shape index (κ3) is 75.3. The number of aliphatic hydroxyl groups is 2. The van der Waals surface area contributed by atoms with Gasteiger partial charge < -0.3 is 20.3 Å². The molecule has 6 heteroatoms. The largest absolute Gasteiger partial charge is 0.466 e. The summed E-state index contributed by atoms with van der Waals surface area (Å²) in [6.45, 7) is 4.96. The Balaban J connectivity index is 3.33. The standard InChI is InChI=1S/C83H161NO5/c1-3-5-7-9-11-13-15-17-19-20-44-48-51-55-59-63-67-71-75-81(86)80(79-85)84-82(87)76-72-68-64-60-56-52-49-45-42-40-38-36-34-32-30-28-26-24-22-21-23-25-27-29-31-33-35-37-39-41-43-46-50-54-58-62-66-70-74-78-89-83(88)77-73-69-65-61-57-53-47-18-16-14-12-10-8-6-4-2/h21-22,71,75,80-81,85-86H,3-20,23-70,72-74,76-79H2,1-2H3,(H,84,87)/b22-21-,75-71+. The van der Waals surface area contributed by atoms with Gasteiger partial charge in [0.1, 0.15) is 0 Å². The van der Waals surface area contributed by atoms with Gasteiger partial charge in [0.05, 0.1) is 25.4 Å². The molecule has 0 heterocycles. The first kappa shape index (κ1) is 87.3. The zero-order valence-corrected chi connectivity index (χ0v) is 60.7. The molecule has 0 aliphatic carbocycles. The Morgan fingerprint density at radius 2 is 0.528 bits per heavy atom. The maximum absolute atomic E-state index is 12.5. The molecule has 1 amide bonds. The molecule has 2 unspecified atom stereocenters. The maximum atomic E-state index is 12.5. The van der Waals surface area contributed by atoms with Gasteiger partial charge >= 0.3 is 5.97 Å². The molecule has 3 N–H and O–H groups in total. The van der Waals surface area contributed by atoms with E-state index >= 15 is 0 Å². The van der Waals surface area contributed by atoms with Crippen LogP contribution in [0.3, 0.4) is 0 Å². The van der Waals surface area contributed by atoms with E-state index in [1.807, 2.05) is 6.08 Å². The van der Waals surface area contributed by atoms with E-state index in [1.54, 1.807) is 6.08 Å². The van der Waals surface area contributed by atoms with E-state index in [9.17, 15) is 19.8 Å². The summed E-state index contributed by atoms with van der Waals surface area (Å²) in [7, 11) is 0. The number of aliphatic hydroxyl groups excluding tert-OH is 2. The molecule has 0 saturated carbocycles. The lowest BCUT2D eigenvalue weighted by atomic mass is 10.0. The number of allylic oxidation sites excluding steroid dienone is 3. The van der Waals surface area contributed by atoms with Gasteiger partial charge in [-0.15, -0.1) is 0 Å². The minimum absolute atomic E-state index is 0.0262. The second-order valence-corrected chi connectivity index (χ2v) is 28.5. The zero-order valence-electron chi connectivity index (χ0n) is 60.7. The first-order valence-corrected chi connectivity index (χ1v) is 41.1. The van der Waals surface area contributed by atoms with Gasteiger partial charge in [0.2, 0.25) is 5.91 Å². The van der Waals surface area contributed by atoms with E-state index < -0.39 is 12.1 Å². The molecule has 0 aromatic heterocycles. The second-order valence-electron chi connectivity index (χ2n) is 28.5. The van der Waals surface area contributed by atoms with Crippen LogP contribution in [0.2, 0.25) is 0 Å². The van der Waals surface area contributed by atoms with E-state index in [-0.39, 0.29) is 18.5 Å². The predicted octanol–water partition coefficient (Wildman–Crippen LogP) is 27.2. The topological polar surface area (TPSA) is 95.9 Å². The molecule has 2 atom stereocenters. The van der Waals surface area contributed by atoms with Crippen molar-refractivity contribution in [1.29, 1.82) is 0 Å². The lowest BCUT2D eigenvalue weighted by Gasteiger charge is -2.20. The minimum atomic E-state index is -0.842. The van der Waals surface area contributed by atoms with Gasteiger partial charge in [0.25, 0.3) is 0 Å². The molecule has 89 heavy (non-hydrogen) atoms. The average molecular weight is 1250 g/mol. The Morgan fingerprint density at radius 1 is 0.303 bits per heavy atom. The SMILES string of the molecule is CCCCCCCCCCCCCCCCCC/C=C/C(O)C(CO)NC(=O)CCCCCCCCCCCCCCCCCCC/C=C\CCCCCCCCCCCCCCCCCCCCOC(=O)CCCCCCCCCCCCCCCCC. The summed E-state index contributed by atoms with van der Waals surface area (Å²) < 4.78 is 5.51. The highest BCUT2D eigenvalue weighted by Gasteiger charge is 2.18. The van der Waals surface area contributed by atoms with Crippen molar-refractivity contribution in [2.24, 2.45) is 0 Å². The molecule has 528 valence electrons. The summed E-state index contributed by atoms with van der Waals surface area (Å²) in [6, 6.07) is -0.625. The smallest absolute Gasteiger partial charge is 0.305 e. The highest BCUT2D eigenvalue weighted by atomic mass is 16.5. The van der Waals surface area contributed by atoms with Crippen LogP contribution in [-0.4, -0.2) is 47.4 Å². The van der Waals surface area contributed by atoms with E-state index in [2.05, 4.69) is 31.3 Å². The summed E-state index contributed by atoms with van der Waals surface area (Å²) in [6.07, 6.45) is 102. The molecule has 0 aliphatic rings. The van der Waals surface area contributed by atoms with Gasteiger partial charge in [0, 0.05) is 12.8 Å². The van der Waals surface area contributed by atoms with Crippen molar-refractivity contribution >= 4 is 11.9 Å². The normalized spacial score (nSPS) is 12.5. The Hall–Kier alpha value is -1.66. The first-order chi connectivity index (χ1) is 44.0. The number of hydrogen-bond acceptors (Lipinski definition) is 5. The van der Waals surface area contributed by atoms with Crippen molar-refractivity contribution in [2.75, 3.05) is 13.2 Å². The Bertz CT molecular complexity index is 1400. The van der Waals surface area contributed by atoms with Crippen molar-refractivity contribution in [3.05, 3.63) is 24.3 Å². The number of rotatable bonds is 78. The van der Waals surface area contributed by atoms with Gasteiger partial charge in [-0.1, -0.05) is 423 Å². The minimum Gasteiger partial charge on any atom is -0.466 e. The third-order valence-electron chi connectivity index (χ3n) is 19.5. The van der Waals surface area contributed by atoms with Crippen LogP contribution >= 0.6 is 0 Å². The maximum Gasteiger partial charge on any atom is 0.305 e. The number of unbranched alkanes of at least 4 members (excludes halogenated alkanes) is 65. The van der Waals surface area contributed by atoms with Gasteiger partial charge in [-0.05, 0) is 57.8 Å². The van der Waals surface area contributed by atoms with Crippen LogP contribution in [-0.2, 0) is 14.3 Å². The second kappa shape index (κ2) is 78.8. The van der Waals surface area contributed by atoms with Crippen molar-refractivity contribution < 1.29 is 24.5 Å². The molecule has 0 aliphatic heterocycles. The highest BCUT2D eigenvalue weighted by Crippen LogP contribution is 2.20. The molecule has 0 aromatic rings. The fourth-order valence-corrected chi connectivity index (χ4v) is 13.2. The van der Waals surface area contributed by atoms with Crippen LogP contribution < -0.4 is 5.32 Å². The Labute approximate surface area is 558 Å². The zero-order chi connectivity index (χ0) is 64.2. The predicted molar refractivity (Wildman–Crippen MR) is 393 cm³/mol. The van der Waals surface area contributed by atoms with Crippen LogP contribution in [0, 0.1) is 0 Å². The van der Waals surface area contributed by atoms with Gasteiger partial charge in [-0.3, -0.25) is 9.59 Å². The molecule has 0 radical (unpaired) electrons. The van der Waals surface area contributed by atoms with Crippen molar-refractivity contribution in [3.63, 3.8) is 0 Å². The molecule has 0 spiro atoms. The number of carbonyl (C=O) groups excluding carboxylic acids is 2. The number of esters is 1. The summed E-state index contributed by atoms with van der Waals surface area (Å²) >= 11 is 0. The Kier molecular flexibility index (Phi) is 77.3. The lowest BCUT2D eigenvalue weighted by Crippen LogP contribution is -2.45. The molecular formula is C83H161NO5. The van der Waals surface area contributed by atoms with Gasteiger partial charge in [0.15, 0.2) is 0 Å². The first-order valence-electron chi connectivity index (χ1n) is 41.1. The highest BCUT2D eigenvalue weighted by molar-refractivity contribution is 5.76. The molecule has 0 saturated heterocycles. The van der Waals surface area contributed by atoms with E-state index in [1.165, 1.54) is 405 Å². The van der Waals surface area contributed by atoms with Crippen molar-refractivity contribution in [2.45, 2.75) is 482 Å². The van der Waals surface area contributed by atoms with E-state index in [0.29, 0.717) is 19.4 Å². The number of nitrogens with one attached hydrogen (secondary N) is 1. The third-order valence-corrected chi connectivity index (χ3v) is 19.5. The quantitative estimate of drug-likeness (QED) is 0.0320. The summed E-state index contributed by atoms with van der Waals surface area (Å²) in [5.74, 6) is -0.0332. The molecular weight excluding hydrogens is 1090 g/mol. The fraction of sp³-hybridized carbons (Fsp3) is 0.928. The van der Waals surface area contributed by atoms with Crippen LogP contribution in [0.1, 0.15) is 470 Å². The average Bonchev–Trinajstić information content (AvgIpc) is 3.57. The fourth-order valence-electron chi connectivity index (χ4n) is 13.2.